The Kier molecular flexibility index (Phi) is 26.2. The molecule has 0 amide bonds. The molecule has 0 fully saturated rings. The second-order valence-electron chi connectivity index (χ2n) is 18.1. The smallest absolute Gasteiger partial charge is 0.0163 e. The van der Waals surface area contributed by atoms with Crippen LogP contribution >= 0.6 is 0 Å². The molecule has 4 nitrogen and oxygen atoms in total. The van der Waals surface area contributed by atoms with Gasteiger partial charge in [0.1, 0.15) is 0 Å². The average molecular weight is 1750 g/mol. The molecule has 8 heteroatoms. The maximum absolute atomic E-state index is 4.45. The van der Waals surface area contributed by atoms with E-state index in [1.54, 1.807) is 6.20 Å². The summed E-state index contributed by atoms with van der Waals surface area (Å²) in [6.07, 6.45) is 7.29. The molecule has 0 bridgehead atoms. The fourth-order valence-electron chi connectivity index (χ4n) is 8.74. The van der Waals surface area contributed by atoms with Gasteiger partial charge in [-0.2, -0.15) is 0 Å². The Bertz CT molecular complexity index is 3680. The molecule has 12 aromatic rings. The second-order valence-corrected chi connectivity index (χ2v) is 18.1. The predicted octanol–water partition coefficient (Wildman–Crippen LogP) is 18.1. The van der Waals surface area contributed by atoms with Gasteiger partial charge in [-0.3, -0.25) is 0 Å². The third-order valence-corrected chi connectivity index (χ3v) is 12.7. The molecule has 0 saturated carbocycles. The quantitative estimate of drug-likeness (QED) is 0.142. The van der Waals surface area contributed by atoms with Crippen molar-refractivity contribution in [3.05, 3.63) is 314 Å². The molecule has 0 spiro atoms. The van der Waals surface area contributed by atoms with Crippen LogP contribution in [0.1, 0.15) is 22.3 Å². The van der Waals surface area contributed by atoms with Crippen molar-refractivity contribution in [1.29, 1.82) is 0 Å². The van der Waals surface area contributed by atoms with Crippen LogP contribution in [0.15, 0.2) is 267 Å². The van der Waals surface area contributed by atoms with Crippen molar-refractivity contribution in [3.8, 4) is 89.5 Å². The minimum Gasteiger partial charge on any atom is -0.305 e. The molecule has 4 aromatic heterocycles. The third-order valence-electron chi connectivity index (χ3n) is 12.7. The normalized spacial score (nSPS) is 9.85. The van der Waals surface area contributed by atoms with Crippen molar-refractivity contribution in [1.82, 2.24) is 19.9 Å². The number of nitrogens with zero attached hydrogens (tertiary/aromatic N) is 4. The minimum absolute atomic E-state index is 0. The van der Waals surface area contributed by atoms with Crippen molar-refractivity contribution in [2.75, 3.05) is 0 Å². The van der Waals surface area contributed by atoms with Gasteiger partial charge in [0.2, 0.25) is 0 Å². The third kappa shape index (κ3) is 17.5. The van der Waals surface area contributed by atoms with E-state index in [0.717, 1.165) is 45.0 Å². The molecule has 0 N–H and O–H groups in total. The average Bonchev–Trinajstić information content (AvgIpc) is 3.50. The van der Waals surface area contributed by atoms with E-state index in [9.17, 15) is 0 Å². The Morgan fingerprint density at radius 2 is 0.825 bits per heavy atom. The molecule has 0 aliphatic heterocycles. The summed E-state index contributed by atoms with van der Waals surface area (Å²) in [6, 6.07) is 95.4. The Hall–Kier alpha value is -7.04. The van der Waals surface area contributed by atoms with Crippen molar-refractivity contribution >= 4 is 0 Å². The van der Waals surface area contributed by atoms with Gasteiger partial charge in [-0.25, -0.2) is 0 Å². The maximum atomic E-state index is 4.45. The molecule has 0 unspecified atom stereocenters. The van der Waals surface area contributed by atoms with Crippen LogP contribution in [0.25, 0.3) is 89.5 Å². The first-order chi connectivity index (χ1) is 37.4. The van der Waals surface area contributed by atoms with Gasteiger partial charge in [-0.1, -0.05) is 192 Å². The topological polar surface area (TPSA) is 51.6 Å². The summed E-state index contributed by atoms with van der Waals surface area (Å²) >= 11 is 0. The maximum Gasteiger partial charge on any atom is 0.0163 e. The van der Waals surface area contributed by atoms with Crippen molar-refractivity contribution in [2.24, 2.45) is 0 Å². The fourth-order valence-corrected chi connectivity index (χ4v) is 8.74. The molecular weight excluding hydrogens is 1690 g/mol. The molecule has 4 heterocycles. The Morgan fingerprint density at radius 3 is 1.40 bits per heavy atom. The van der Waals surface area contributed by atoms with Gasteiger partial charge in [0.15, 0.2) is 0 Å². The first kappa shape index (κ1) is 63.8. The predicted molar refractivity (Wildman–Crippen MR) is 315 cm³/mol. The van der Waals surface area contributed by atoms with Gasteiger partial charge >= 0.3 is 0 Å². The van der Waals surface area contributed by atoms with Gasteiger partial charge < -0.3 is 19.9 Å². The summed E-state index contributed by atoms with van der Waals surface area (Å²) in [5.41, 5.74) is 22.7. The summed E-state index contributed by atoms with van der Waals surface area (Å²) in [4.78, 5) is 17.6. The first-order valence-electron chi connectivity index (χ1n) is 25.3. The zero-order chi connectivity index (χ0) is 52.3. The number of benzene rings is 8. The molecule has 0 aliphatic carbocycles. The molecule has 0 saturated heterocycles. The number of hydrogen-bond donors (Lipinski definition) is 0. The first-order valence-corrected chi connectivity index (χ1v) is 25.3. The van der Waals surface area contributed by atoms with Crippen LogP contribution in [0.2, 0.25) is 0 Å². The molecule has 4 radical (unpaired) electrons. The van der Waals surface area contributed by atoms with Crippen LogP contribution in [0.3, 0.4) is 0 Å². The fraction of sp³-hybridized carbons (Fsp3) is 0.0556. The van der Waals surface area contributed by atoms with E-state index in [1.807, 2.05) is 110 Å². The van der Waals surface area contributed by atoms with Gasteiger partial charge in [-0.05, 0) is 84.5 Å². The van der Waals surface area contributed by atoms with Crippen molar-refractivity contribution in [3.63, 3.8) is 0 Å². The molecule has 8 aromatic carbocycles. The van der Waals surface area contributed by atoms with E-state index in [-0.39, 0.29) is 80.4 Å². The number of rotatable bonds is 8. The Balaban J connectivity index is 0.000000193. The zero-order valence-electron chi connectivity index (χ0n) is 44.5. The zero-order valence-corrected chi connectivity index (χ0v) is 54.1. The molecule has 404 valence electrons. The van der Waals surface area contributed by atoms with E-state index >= 15 is 0 Å². The monoisotopic (exact) mass is 1750 g/mol. The summed E-state index contributed by atoms with van der Waals surface area (Å²) in [5, 5.41) is 0. The summed E-state index contributed by atoms with van der Waals surface area (Å²) in [7, 11) is 0. The molecule has 0 aliphatic rings. The minimum atomic E-state index is 0. The van der Waals surface area contributed by atoms with Crippen LogP contribution in [0, 0.1) is 52.0 Å². The molecule has 80 heavy (non-hydrogen) atoms. The standard InChI is InChI=1S/4C18H14N.4Ir/c1-14-6-2-3-7-17(14)15-9-11-16(12-10-15)18-8-4-5-13-19-18;1-14-7-6-12-19-18(14)17-11-5-10-16(13-17)15-8-3-2-4-9-15;1-14-16(15-8-3-2-4-9-15)10-7-11-17(14)18-12-5-6-13-19-18;1-14-10-11-19-18(12-14)17-9-5-8-16(13-17)15-6-3-2-4-7-15;;;;/h2-11,13H,1H3;2*2-10,12-13H,1H3;2-8,10-13H,1H3;;;;/q4*-1;;;;. The van der Waals surface area contributed by atoms with E-state index in [4.69, 9.17) is 0 Å². The van der Waals surface area contributed by atoms with Gasteiger partial charge in [0.05, 0.1) is 0 Å². The van der Waals surface area contributed by atoms with E-state index in [1.165, 1.54) is 66.8 Å². The van der Waals surface area contributed by atoms with Gasteiger partial charge in [-0.15, -0.1) is 130 Å². The molecular formula is C72H56Ir4N4-4. The van der Waals surface area contributed by atoms with E-state index in [0.29, 0.717) is 0 Å². The summed E-state index contributed by atoms with van der Waals surface area (Å²) < 4.78 is 0. The van der Waals surface area contributed by atoms with Crippen LogP contribution in [0.4, 0.5) is 0 Å². The van der Waals surface area contributed by atoms with E-state index < -0.39 is 0 Å². The van der Waals surface area contributed by atoms with Crippen LogP contribution < -0.4 is 0 Å². The molecule has 0 atom stereocenters. The number of aryl methyl sites for hydroxylation is 3. The van der Waals surface area contributed by atoms with Gasteiger partial charge in [0, 0.05) is 105 Å². The molecule has 12 rings (SSSR count). The number of hydrogen-bond acceptors (Lipinski definition) is 4. The van der Waals surface area contributed by atoms with Crippen LogP contribution in [-0.2, 0) is 80.4 Å². The Morgan fingerprint density at radius 1 is 0.300 bits per heavy atom. The summed E-state index contributed by atoms with van der Waals surface area (Å²) in [6.45, 7) is 8.41. The van der Waals surface area contributed by atoms with Gasteiger partial charge in [0.25, 0.3) is 0 Å². The second kappa shape index (κ2) is 32.9. The van der Waals surface area contributed by atoms with Crippen LogP contribution in [-0.4, -0.2) is 19.9 Å². The number of aromatic nitrogens is 4. The van der Waals surface area contributed by atoms with Crippen LogP contribution in [0.5, 0.6) is 0 Å². The van der Waals surface area contributed by atoms with E-state index in [2.05, 4.69) is 224 Å². The number of pyridine rings is 4. The SMILES string of the molecule is Cc1c(-c2ccccn2)[c-]ccc1-c1ccccc1.Cc1ccccc1-c1c[c-]c(-c2ccccn2)cc1.Cc1cccnc1-c1[c-]ccc(-c2ccccc2)c1.Cc1ccnc(-c2[c-]ccc(-c3ccccc3)c2)c1.[Ir].[Ir].[Ir].[Ir]. The summed E-state index contributed by atoms with van der Waals surface area (Å²) in [5.74, 6) is 0. The largest absolute Gasteiger partial charge is 0.305 e. The Labute approximate surface area is 526 Å². The van der Waals surface area contributed by atoms with Crippen molar-refractivity contribution < 1.29 is 80.4 Å². The van der Waals surface area contributed by atoms with Crippen molar-refractivity contribution in [2.45, 2.75) is 27.7 Å².